The number of hydrogen-bond acceptors (Lipinski definition) is 4. The second-order valence-corrected chi connectivity index (χ2v) is 6.66. The highest BCUT2D eigenvalue weighted by Crippen LogP contribution is 2.66. The van der Waals surface area contributed by atoms with Crippen LogP contribution in [-0.4, -0.2) is 41.1 Å². The Kier molecular flexibility index (Phi) is 2.53. The predicted octanol–water partition coefficient (Wildman–Crippen LogP) is 1.63. The summed E-state index contributed by atoms with van der Waals surface area (Å²) in [5.41, 5.74) is 0.400. The summed E-state index contributed by atoms with van der Waals surface area (Å²) >= 11 is 0. The van der Waals surface area contributed by atoms with Crippen LogP contribution < -0.4 is 5.32 Å². The number of rotatable bonds is 3. The van der Waals surface area contributed by atoms with E-state index < -0.39 is 0 Å². The van der Waals surface area contributed by atoms with Gasteiger partial charge in [-0.1, -0.05) is 0 Å². The maximum Gasteiger partial charge on any atom is 0.273 e. The molecule has 1 aromatic heterocycles. The highest BCUT2D eigenvalue weighted by Gasteiger charge is 2.65. The predicted molar refractivity (Wildman–Crippen MR) is 75.3 cm³/mol. The molecule has 1 N–H and O–H groups in total. The second kappa shape index (κ2) is 4.17. The number of carbonyl (C=O) groups excluding carboxylic acids is 1. The topological polar surface area (TPSA) is 58.1 Å². The molecule has 106 valence electrons. The molecule has 0 spiro atoms. The van der Waals surface area contributed by atoms with Gasteiger partial charge in [-0.05, 0) is 55.1 Å². The fraction of sp³-hybridized carbons (Fsp3) is 0.667. The normalized spacial score (nSPS) is 36.6. The Morgan fingerprint density at radius 2 is 1.90 bits per heavy atom. The molecule has 5 nitrogen and oxygen atoms in total. The maximum atomic E-state index is 11.7. The highest BCUT2D eigenvalue weighted by atomic mass is 16.2. The zero-order chi connectivity index (χ0) is 13.9. The molecule has 0 radical (unpaired) electrons. The van der Waals surface area contributed by atoms with Gasteiger partial charge in [-0.2, -0.15) is 0 Å². The van der Waals surface area contributed by atoms with E-state index in [1.807, 2.05) is 6.07 Å². The van der Waals surface area contributed by atoms with Crippen LogP contribution in [0.2, 0.25) is 0 Å². The lowest BCUT2D eigenvalue weighted by Gasteiger charge is -2.12. The van der Waals surface area contributed by atoms with Crippen molar-refractivity contribution >= 4 is 11.7 Å². The van der Waals surface area contributed by atoms with Crippen molar-refractivity contribution in [2.75, 3.05) is 19.4 Å². The Balaban J connectivity index is 1.42. The summed E-state index contributed by atoms with van der Waals surface area (Å²) in [5, 5.41) is 11.7. The molecular formula is C15H20N4O. The number of aromatic nitrogens is 2. The van der Waals surface area contributed by atoms with Gasteiger partial charge in [-0.15, -0.1) is 10.2 Å². The molecule has 4 unspecified atom stereocenters. The minimum absolute atomic E-state index is 0.106. The monoisotopic (exact) mass is 272 g/mol. The molecule has 3 saturated carbocycles. The Labute approximate surface area is 118 Å². The summed E-state index contributed by atoms with van der Waals surface area (Å²) < 4.78 is 0. The number of nitrogens with one attached hydrogen (secondary N) is 1. The van der Waals surface area contributed by atoms with E-state index in [1.165, 1.54) is 24.2 Å². The van der Waals surface area contributed by atoms with Crippen LogP contribution in [0.25, 0.3) is 0 Å². The molecular weight excluding hydrogens is 252 g/mol. The van der Waals surface area contributed by atoms with E-state index in [1.54, 1.807) is 20.2 Å². The Bertz CT molecular complexity index is 525. The van der Waals surface area contributed by atoms with Crippen molar-refractivity contribution in [3.05, 3.63) is 17.8 Å². The lowest BCUT2D eigenvalue weighted by atomic mass is 10.0. The van der Waals surface area contributed by atoms with Gasteiger partial charge in [0.2, 0.25) is 0 Å². The Hall–Kier alpha value is -1.65. The first-order valence-corrected chi connectivity index (χ1v) is 7.47. The fourth-order valence-electron chi connectivity index (χ4n) is 4.44. The van der Waals surface area contributed by atoms with E-state index in [2.05, 4.69) is 15.5 Å². The standard InChI is InChI=1S/C15H20N4O/c1-19(2)15(20)10-5-6-11(18-17-10)16-14-12-8-3-4-9(7-8)13(12)14/h5-6,8-9,12-14H,3-4,7H2,1-2H3,(H,16,18). The zero-order valence-electron chi connectivity index (χ0n) is 11.9. The summed E-state index contributed by atoms with van der Waals surface area (Å²) in [6.07, 6.45) is 4.30. The van der Waals surface area contributed by atoms with Gasteiger partial charge in [0.1, 0.15) is 5.82 Å². The van der Waals surface area contributed by atoms with E-state index in [-0.39, 0.29) is 5.91 Å². The minimum atomic E-state index is -0.106. The first-order chi connectivity index (χ1) is 9.65. The average Bonchev–Trinajstić information content (AvgIpc) is 2.84. The second-order valence-electron chi connectivity index (χ2n) is 6.66. The fourth-order valence-corrected chi connectivity index (χ4v) is 4.44. The molecule has 3 aliphatic rings. The van der Waals surface area contributed by atoms with Crippen LogP contribution >= 0.6 is 0 Å². The number of carbonyl (C=O) groups is 1. The highest BCUT2D eigenvalue weighted by molar-refractivity contribution is 5.91. The maximum absolute atomic E-state index is 11.7. The lowest BCUT2D eigenvalue weighted by molar-refractivity contribution is 0.0821. The molecule has 4 atom stereocenters. The van der Waals surface area contributed by atoms with Gasteiger partial charge in [-0.25, -0.2) is 0 Å². The van der Waals surface area contributed by atoms with Crippen molar-refractivity contribution in [3.63, 3.8) is 0 Å². The molecule has 20 heavy (non-hydrogen) atoms. The van der Waals surface area contributed by atoms with Crippen LogP contribution in [0.15, 0.2) is 12.1 Å². The molecule has 3 aliphatic carbocycles. The van der Waals surface area contributed by atoms with Crippen LogP contribution in [0.1, 0.15) is 29.8 Å². The van der Waals surface area contributed by atoms with Crippen molar-refractivity contribution in [1.29, 1.82) is 0 Å². The van der Waals surface area contributed by atoms with Crippen molar-refractivity contribution < 1.29 is 4.79 Å². The van der Waals surface area contributed by atoms with Crippen LogP contribution in [0.5, 0.6) is 0 Å². The third-order valence-corrected chi connectivity index (χ3v) is 5.34. The molecule has 0 aromatic carbocycles. The largest absolute Gasteiger partial charge is 0.365 e. The summed E-state index contributed by atoms with van der Waals surface area (Å²) in [7, 11) is 3.44. The molecule has 0 aliphatic heterocycles. The van der Waals surface area contributed by atoms with E-state index in [0.717, 1.165) is 29.5 Å². The van der Waals surface area contributed by atoms with Crippen molar-refractivity contribution in [1.82, 2.24) is 15.1 Å². The number of hydrogen-bond donors (Lipinski definition) is 1. The Morgan fingerprint density at radius 1 is 1.20 bits per heavy atom. The molecule has 4 rings (SSSR count). The average molecular weight is 272 g/mol. The minimum Gasteiger partial charge on any atom is -0.365 e. The van der Waals surface area contributed by atoms with Crippen LogP contribution in [0, 0.1) is 23.7 Å². The lowest BCUT2D eigenvalue weighted by Crippen LogP contribution is -2.23. The summed E-state index contributed by atoms with van der Waals surface area (Å²) in [6.45, 7) is 0. The van der Waals surface area contributed by atoms with Gasteiger partial charge in [0, 0.05) is 20.1 Å². The van der Waals surface area contributed by atoms with Crippen molar-refractivity contribution in [2.24, 2.45) is 23.7 Å². The summed E-state index contributed by atoms with van der Waals surface area (Å²) in [6, 6.07) is 4.23. The van der Waals surface area contributed by atoms with Crippen LogP contribution in [0.3, 0.4) is 0 Å². The molecule has 1 heterocycles. The van der Waals surface area contributed by atoms with Gasteiger partial charge in [0.15, 0.2) is 5.69 Å². The molecule has 1 amide bonds. The third-order valence-electron chi connectivity index (χ3n) is 5.34. The van der Waals surface area contributed by atoms with Crippen LogP contribution in [0.4, 0.5) is 5.82 Å². The van der Waals surface area contributed by atoms with E-state index >= 15 is 0 Å². The van der Waals surface area contributed by atoms with Crippen LogP contribution in [-0.2, 0) is 0 Å². The third kappa shape index (κ3) is 1.72. The molecule has 1 aromatic rings. The number of fused-ring (bicyclic) bond motifs is 5. The molecule has 0 saturated heterocycles. The first kappa shape index (κ1) is 12.1. The molecule has 5 heteroatoms. The first-order valence-electron chi connectivity index (χ1n) is 7.47. The van der Waals surface area contributed by atoms with E-state index in [0.29, 0.717) is 11.7 Å². The van der Waals surface area contributed by atoms with Crippen molar-refractivity contribution in [2.45, 2.75) is 25.3 Å². The van der Waals surface area contributed by atoms with Gasteiger partial charge in [0.05, 0.1) is 0 Å². The van der Waals surface area contributed by atoms with Gasteiger partial charge in [0.25, 0.3) is 5.91 Å². The zero-order valence-corrected chi connectivity index (χ0v) is 11.9. The molecule has 3 fully saturated rings. The number of nitrogens with zero attached hydrogens (tertiary/aromatic N) is 3. The molecule has 2 bridgehead atoms. The Morgan fingerprint density at radius 3 is 2.45 bits per heavy atom. The quantitative estimate of drug-likeness (QED) is 0.908. The SMILES string of the molecule is CN(C)C(=O)c1ccc(NC2C3C4CCC(C4)C23)nn1. The summed E-state index contributed by atoms with van der Waals surface area (Å²) in [5.74, 6) is 4.34. The number of amides is 1. The van der Waals surface area contributed by atoms with Crippen molar-refractivity contribution in [3.8, 4) is 0 Å². The van der Waals surface area contributed by atoms with E-state index in [9.17, 15) is 4.79 Å². The summed E-state index contributed by atoms with van der Waals surface area (Å²) in [4.78, 5) is 13.3. The number of anilines is 1. The van der Waals surface area contributed by atoms with Gasteiger partial charge in [-0.3, -0.25) is 4.79 Å². The van der Waals surface area contributed by atoms with Gasteiger partial charge < -0.3 is 10.2 Å². The van der Waals surface area contributed by atoms with Gasteiger partial charge >= 0.3 is 0 Å². The smallest absolute Gasteiger partial charge is 0.273 e. The van der Waals surface area contributed by atoms with E-state index in [4.69, 9.17) is 0 Å².